The van der Waals surface area contributed by atoms with Crippen LogP contribution in [0.4, 0.5) is 0 Å². The Balaban J connectivity index is 1.76. The monoisotopic (exact) mass is 356 g/mol. The van der Waals surface area contributed by atoms with Crippen molar-refractivity contribution in [2.45, 2.75) is 25.2 Å². The summed E-state index contributed by atoms with van der Waals surface area (Å²) in [5.41, 5.74) is 10.2. The van der Waals surface area contributed by atoms with Crippen molar-refractivity contribution in [3.63, 3.8) is 0 Å². The first-order valence-electron chi connectivity index (χ1n) is 10.3. The van der Waals surface area contributed by atoms with Crippen LogP contribution in [0.2, 0.25) is 0 Å². The van der Waals surface area contributed by atoms with Gasteiger partial charge in [0.15, 0.2) is 0 Å². The standard InChI is InChI=1S/C28H20/c1-17-12-15-23-21(16-17)20-8-2-3-9-22(20)28(23)24-10-4-6-18-13-14-19-7-5-11-25(28)27(19)26(18)24/h2,4-8,10-16H,3,9H2,1H3. The molecule has 1 spiro atoms. The fourth-order valence-corrected chi connectivity index (χ4v) is 6.22. The van der Waals surface area contributed by atoms with Crippen molar-refractivity contribution in [3.05, 3.63) is 112 Å². The van der Waals surface area contributed by atoms with Crippen LogP contribution < -0.4 is 0 Å². The van der Waals surface area contributed by atoms with Gasteiger partial charge in [-0.2, -0.15) is 0 Å². The maximum atomic E-state index is 2.40. The number of hydrogen-bond donors (Lipinski definition) is 0. The van der Waals surface area contributed by atoms with Crippen LogP contribution in [0, 0.1) is 6.92 Å². The van der Waals surface area contributed by atoms with Gasteiger partial charge in [-0.3, -0.25) is 0 Å². The van der Waals surface area contributed by atoms with Gasteiger partial charge in [-0.15, -0.1) is 0 Å². The summed E-state index contributed by atoms with van der Waals surface area (Å²) in [6.45, 7) is 2.21. The largest absolute Gasteiger partial charge is 0.0836 e. The van der Waals surface area contributed by atoms with Gasteiger partial charge in [0.2, 0.25) is 0 Å². The lowest BCUT2D eigenvalue weighted by Gasteiger charge is -2.33. The molecule has 3 aliphatic rings. The lowest BCUT2D eigenvalue weighted by molar-refractivity contribution is 0.716. The van der Waals surface area contributed by atoms with E-state index in [1.54, 1.807) is 5.57 Å². The van der Waals surface area contributed by atoms with Gasteiger partial charge in [-0.25, -0.2) is 0 Å². The number of aryl methyl sites for hydroxylation is 1. The average Bonchev–Trinajstić information content (AvgIpc) is 3.20. The maximum absolute atomic E-state index is 2.40. The molecular weight excluding hydrogens is 336 g/mol. The molecule has 0 saturated heterocycles. The summed E-state index contributed by atoms with van der Waals surface area (Å²) in [6.07, 6.45) is 7.01. The zero-order valence-electron chi connectivity index (χ0n) is 15.9. The molecule has 0 amide bonds. The van der Waals surface area contributed by atoms with Crippen molar-refractivity contribution >= 4 is 27.1 Å². The minimum atomic E-state index is -0.119. The Morgan fingerprint density at radius 3 is 2.18 bits per heavy atom. The van der Waals surface area contributed by atoms with E-state index in [4.69, 9.17) is 0 Å². The average molecular weight is 356 g/mol. The summed E-state index contributed by atoms with van der Waals surface area (Å²) in [5.74, 6) is 0. The van der Waals surface area contributed by atoms with Crippen LogP contribution in [-0.2, 0) is 5.41 Å². The highest BCUT2D eigenvalue weighted by Gasteiger charge is 2.51. The van der Waals surface area contributed by atoms with E-state index in [1.807, 2.05) is 0 Å². The van der Waals surface area contributed by atoms with Gasteiger partial charge in [-0.05, 0) is 74.7 Å². The lowest BCUT2D eigenvalue weighted by atomic mass is 9.67. The molecule has 0 atom stereocenters. The predicted octanol–water partition coefficient (Wildman–Crippen LogP) is 7.07. The van der Waals surface area contributed by atoms with E-state index < -0.39 is 0 Å². The van der Waals surface area contributed by atoms with E-state index in [-0.39, 0.29) is 5.41 Å². The van der Waals surface area contributed by atoms with Crippen molar-refractivity contribution in [3.8, 4) is 0 Å². The fourth-order valence-electron chi connectivity index (χ4n) is 6.22. The highest BCUT2D eigenvalue weighted by atomic mass is 14.5. The summed E-state index contributed by atoms with van der Waals surface area (Å²) in [5, 5.41) is 5.66. The molecule has 0 heterocycles. The first-order valence-corrected chi connectivity index (χ1v) is 10.3. The number of rotatable bonds is 0. The Hall–Kier alpha value is -3.12. The van der Waals surface area contributed by atoms with Crippen molar-refractivity contribution in [2.75, 3.05) is 0 Å². The quantitative estimate of drug-likeness (QED) is 0.296. The molecule has 0 N–H and O–H groups in total. The Bertz CT molecular complexity index is 1350. The number of allylic oxidation sites excluding steroid dienone is 4. The van der Waals surface area contributed by atoms with Crippen LogP contribution in [0.1, 0.15) is 40.7 Å². The Morgan fingerprint density at radius 2 is 1.46 bits per heavy atom. The molecule has 28 heavy (non-hydrogen) atoms. The molecule has 0 nitrogen and oxygen atoms in total. The van der Waals surface area contributed by atoms with Gasteiger partial charge >= 0.3 is 0 Å². The molecule has 4 aromatic carbocycles. The second-order valence-corrected chi connectivity index (χ2v) is 8.51. The van der Waals surface area contributed by atoms with Crippen molar-refractivity contribution in [1.29, 1.82) is 0 Å². The van der Waals surface area contributed by atoms with Gasteiger partial charge in [-0.1, -0.05) is 84.4 Å². The molecule has 0 fully saturated rings. The van der Waals surface area contributed by atoms with Crippen LogP contribution >= 0.6 is 0 Å². The number of hydrogen-bond acceptors (Lipinski definition) is 0. The first kappa shape index (κ1) is 14.9. The third-order valence-corrected chi connectivity index (χ3v) is 7.19. The molecule has 0 unspecified atom stereocenters. The minimum absolute atomic E-state index is 0.119. The summed E-state index contributed by atoms with van der Waals surface area (Å²) in [6, 6.07) is 25.5. The van der Waals surface area contributed by atoms with Gasteiger partial charge in [0.25, 0.3) is 0 Å². The first-order chi connectivity index (χ1) is 13.8. The number of fused-ring (bicyclic) bond motifs is 6. The Labute approximate surface area is 164 Å². The van der Waals surface area contributed by atoms with E-state index >= 15 is 0 Å². The smallest absolute Gasteiger partial charge is 0.0689 e. The predicted molar refractivity (Wildman–Crippen MR) is 118 cm³/mol. The highest BCUT2D eigenvalue weighted by molar-refractivity contribution is 6.17. The van der Waals surface area contributed by atoms with Crippen molar-refractivity contribution in [2.24, 2.45) is 0 Å². The highest BCUT2D eigenvalue weighted by Crippen LogP contribution is 2.63. The fraction of sp³-hybridized carbons (Fsp3) is 0.143. The van der Waals surface area contributed by atoms with Gasteiger partial charge in [0.1, 0.15) is 0 Å². The molecular formula is C28H20. The summed E-state index contributed by atoms with van der Waals surface area (Å²) in [7, 11) is 0. The zero-order valence-corrected chi connectivity index (χ0v) is 15.9. The van der Waals surface area contributed by atoms with E-state index in [1.165, 1.54) is 54.9 Å². The van der Waals surface area contributed by atoms with Gasteiger partial charge in [0, 0.05) is 0 Å². The summed E-state index contributed by atoms with van der Waals surface area (Å²) < 4.78 is 0. The van der Waals surface area contributed by atoms with Gasteiger partial charge < -0.3 is 0 Å². The topological polar surface area (TPSA) is 0 Å². The molecule has 4 aromatic rings. The van der Waals surface area contributed by atoms with Crippen LogP contribution in [-0.4, -0.2) is 0 Å². The molecule has 7 rings (SSSR count). The van der Waals surface area contributed by atoms with E-state index in [0.717, 1.165) is 12.8 Å². The second-order valence-electron chi connectivity index (χ2n) is 8.51. The van der Waals surface area contributed by atoms with E-state index in [9.17, 15) is 0 Å². The van der Waals surface area contributed by atoms with Crippen LogP contribution in [0.3, 0.4) is 0 Å². The SMILES string of the molecule is Cc1ccc2c(c1)C1=C(CCC=C1)C21c2cccc3ccc4cccc1c4c23. The molecule has 0 aromatic heterocycles. The van der Waals surface area contributed by atoms with Crippen molar-refractivity contribution in [1.82, 2.24) is 0 Å². The number of benzene rings is 4. The second kappa shape index (κ2) is 4.83. The maximum Gasteiger partial charge on any atom is 0.0689 e. The van der Waals surface area contributed by atoms with Gasteiger partial charge in [0.05, 0.1) is 5.41 Å². The van der Waals surface area contributed by atoms with Crippen molar-refractivity contribution < 1.29 is 0 Å². The normalized spacial score (nSPS) is 17.9. The third-order valence-electron chi connectivity index (χ3n) is 7.19. The molecule has 132 valence electrons. The van der Waals surface area contributed by atoms with E-state index in [2.05, 4.69) is 85.8 Å². The Morgan fingerprint density at radius 1 is 0.750 bits per heavy atom. The molecule has 3 aliphatic carbocycles. The molecule has 0 bridgehead atoms. The molecule has 0 saturated carbocycles. The summed E-state index contributed by atoms with van der Waals surface area (Å²) >= 11 is 0. The lowest BCUT2D eigenvalue weighted by Crippen LogP contribution is -2.28. The van der Waals surface area contributed by atoms with Crippen LogP contribution in [0.15, 0.2) is 84.5 Å². The minimum Gasteiger partial charge on any atom is -0.0836 e. The van der Waals surface area contributed by atoms with E-state index in [0.29, 0.717) is 0 Å². The van der Waals surface area contributed by atoms with Crippen LogP contribution in [0.25, 0.3) is 27.1 Å². The summed E-state index contributed by atoms with van der Waals surface area (Å²) in [4.78, 5) is 0. The Kier molecular flexibility index (Phi) is 2.57. The molecule has 0 radical (unpaired) electrons. The zero-order chi connectivity index (χ0) is 18.5. The third kappa shape index (κ3) is 1.49. The molecule has 0 aliphatic heterocycles. The molecule has 0 heteroatoms. The van der Waals surface area contributed by atoms with Crippen LogP contribution in [0.5, 0.6) is 0 Å².